The summed E-state index contributed by atoms with van der Waals surface area (Å²) in [6.45, 7) is 0.526. The highest BCUT2D eigenvalue weighted by Crippen LogP contribution is 2.18. The lowest BCUT2D eigenvalue weighted by Gasteiger charge is -2.10. The normalized spacial score (nSPS) is 11.1. The van der Waals surface area contributed by atoms with E-state index in [-0.39, 0.29) is 11.5 Å². The van der Waals surface area contributed by atoms with E-state index in [1.165, 1.54) is 15.5 Å². The number of nitrogens with one attached hydrogen (secondary N) is 2. The number of hydrogen-bond donors (Lipinski definition) is 2. The van der Waals surface area contributed by atoms with E-state index in [0.717, 1.165) is 11.9 Å². The van der Waals surface area contributed by atoms with E-state index in [1.54, 1.807) is 19.3 Å². The van der Waals surface area contributed by atoms with Gasteiger partial charge in [-0.05, 0) is 24.1 Å². The quantitative estimate of drug-likeness (QED) is 0.597. The molecule has 0 fully saturated rings. The molecule has 0 bridgehead atoms. The zero-order valence-electron chi connectivity index (χ0n) is 14.5. The minimum absolute atomic E-state index is 0.101. The maximum Gasteiger partial charge on any atom is 0.258 e. The van der Waals surface area contributed by atoms with Crippen molar-refractivity contribution in [3.05, 3.63) is 82.4 Å². The molecule has 130 valence electrons. The van der Waals surface area contributed by atoms with E-state index >= 15 is 0 Å². The number of rotatable bonds is 4. The van der Waals surface area contributed by atoms with Crippen LogP contribution in [-0.4, -0.2) is 22.0 Å². The number of aromatic nitrogens is 2. The molecule has 5 nitrogen and oxygen atoms in total. The number of fused-ring (bicyclic) bond motifs is 2. The minimum atomic E-state index is -0.170. The van der Waals surface area contributed by atoms with E-state index < -0.39 is 0 Å². The van der Waals surface area contributed by atoms with Gasteiger partial charge in [0.2, 0.25) is 0 Å². The van der Waals surface area contributed by atoms with Crippen molar-refractivity contribution in [1.29, 1.82) is 0 Å². The third-order valence-electron chi connectivity index (χ3n) is 4.69. The lowest BCUT2D eigenvalue weighted by atomic mass is 10.1. The van der Waals surface area contributed by atoms with E-state index in [2.05, 4.69) is 16.4 Å². The average molecular weight is 345 g/mol. The number of H-pyrrole nitrogens is 1. The Balaban J connectivity index is 1.55. The molecule has 0 aliphatic heterocycles. The summed E-state index contributed by atoms with van der Waals surface area (Å²) in [6.07, 6.45) is 4.32. The molecule has 1 amide bonds. The predicted molar refractivity (Wildman–Crippen MR) is 104 cm³/mol. The van der Waals surface area contributed by atoms with Crippen LogP contribution in [0, 0.1) is 0 Å². The van der Waals surface area contributed by atoms with Gasteiger partial charge in [-0.15, -0.1) is 0 Å². The van der Waals surface area contributed by atoms with E-state index in [9.17, 15) is 9.59 Å². The molecule has 0 aliphatic carbocycles. The Bertz CT molecular complexity index is 1170. The van der Waals surface area contributed by atoms with Crippen molar-refractivity contribution in [2.75, 3.05) is 6.54 Å². The maximum absolute atomic E-state index is 12.7. The predicted octanol–water partition coefficient (Wildman–Crippen LogP) is 2.99. The molecule has 26 heavy (non-hydrogen) atoms. The zero-order valence-corrected chi connectivity index (χ0v) is 14.5. The van der Waals surface area contributed by atoms with Gasteiger partial charge in [0.25, 0.3) is 11.5 Å². The van der Waals surface area contributed by atoms with Gasteiger partial charge in [-0.25, -0.2) is 0 Å². The van der Waals surface area contributed by atoms with Crippen LogP contribution in [0.2, 0.25) is 0 Å². The highest BCUT2D eigenvalue weighted by molar-refractivity contribution is 6.06. The van der Waals surface area contributed by atoms with Gasteiger partial charge >= 0.3 is 0 Å². The van der Waals surface area contributed by atoms with Crippen LogP contribution < -0.4 is 10.9 Å². The van der Waals surface area contributed by atoms with Crippen molar-refractivity contribution in [3.63, 3.8) is 0 Å². The monoisotopic (exact) mass is 345 g/mol. The third kappa shape index (κ3) is 2.77. The number of para-hydroxylation sites is 1. The Morgan fingerprint density at radius 2 is 1.73 bits per heavy atom. The van der Waals surface area contributed by atoms with Crippen molar-refractivity contribution in [2.24, 2.45) is 7.05 Å². The number of amides is 1. The second-order valence-corrected chi connectivity index (χ2v) is 6.37. The van der Waals surface area contributed by atoms with Crippen molar-refractivity contribution in [3.8, 4) is 0 Å². The highest BCUT2D eigenvalue weighted by Gasteiger charge is 2.13. The molecule has 0 radical (unpaired) electrons. The topological polar surface area (TPSA) is 66.9 Å². The van der Waals surface area contributed by atoms with E-state index in [4.69, 9.17) is 0 Å². The summed E-state index contributed by atoms with van der Waals surface area (Å²) < 4.78 is 1.46. The first kappa shape index (κ1) is 16.1. The Hall–Kier alpha value is -3.34. The Kier molecular flexibility index (Phi) is 4.05. The second kappa shape index (κ2) is 6.52. The van der Waals surface area contributed by atoms with Gasteiger partial charge < -0.3 is 14.9 Å². The fraction of sp³-hybridized carbons (Fsp3) is 0.143. The lowest BCUT2D eigenvalue weighted by Crippen LogP contribution is -2.28. The Labute approximate surface area is 150 Å². The smallest absolute Gasteiger partial charge is 0.258 e. The molecular formula is C21H19N3O2. The van der Waals surface area contributed by atoms with Crippen LogP contribution in [0.1, 0.15) is 15.9 Å². The summed E-state index contributed by atoms with van der Waals surface area (Å²) in [5.74, 6) is -0.170. The first-order valence-electron chi connectivity index (χ1n) is 8.57. The number of aromatic amines is 1. The Morgan fingerprint density at radius 3 is 2.54 bits per heavy atom. The van der Waals surface area contributed by atoms with E-state index in [0.29, 0.717) is 22.9 Å². The fourth-order valence-electron chi connectivity index (χ4n) is 3.34. The van der Waals surface area contributed by atoms with Crippen LogP contribution in [0.15, 0.2) is 65.7 Å². The summed E-state index contributed by atoms with van der Waals surface area (Å²) in [7, 11) is 1.66. The third-order valence-corrected chi connectivity index (χ3v) is 4.69. The minimum Gasteiger partial charge on any atom is -0.361 e. The number of aryl methyl sites for hydroxylation is 1. The number of benzene rings is 2. The number of carbonyl (C=O) groups is 1. The molecule has 0 saturated heterocycles. The van der Waals surface area contributed by atoms with E-state index in [1.807, 2.05) is 42.6 Å². The molecule has 2 heterocycles. The first-order chi connectivity index (χ1) is 12.6. The van der Waals surface area contributed by atoms with Crippen LogP contribution in [0.25, 0.3) is 21.7 Å². The zero-order chi connectivity index (χ0) is 18.1. The van der Waals surface area contributed by atoms with Gasteiger partial charge in [0.05, 0.1) is 5.56 Å². The van der Waals surface area contributed by atoms with Gasteiger partial charge in [-0.2, -0.15) is 0 Å². The summed E-state index contributed by atoms with van der Waals surface area (Å²) in [5, 5.41) is 5.38. The van der Waals surface area contributed by atoms with Gasteiger partial charge in [-0.1, -0.05) is 36.4 Å². The van der Waals surface area contributed by atoms with Crippen LogP contribution in [0.3, 0.4) is 0 Å². The molecule has 0 aliphatic rings. The maximum atomic E-state index is 12.7. The van der Waals surface area contributed by atoms with Crippen molar-refractivity contribution in [2.45, 2.75) is 6.42 Å². The molecule has 4 aromatic rings. The van der Waals surface area contributed by atoms with Crippen LogP contribution in [0.4, 0.5) is 0 Å². The average Bonchev–Trinajstić information content (AvgIpc) is 3.08. The van der Waals surface area contributed by atoms with Gasteiger partial charge in [-0.3, -0.25) is 9.59 Å². The van der Waals surface area contributed by atoms with Crippen LogP contribution >= 0.6 is 0 Å². The highest BCUT2D eigenvalue weighted by atomic mass is 16.2. The molecule has 2 N–H and O–H groups in total. The van der Waals surface area contributed by atoms with Crippen LogP contribution in [-0.2, 0) is 13.5 Å². The van der Waals surface area contributed by atoms with Gasteiger partial charge in [0, 0.05) is 47.7 Å². The summed E-state index contributed by atoms with van der Waals surface area (Å²) >= 11 is 0. The molecule has 2 aromatic carbocycles. The number of carbonyl (C=O) groups excluding carboxylic acids is 1. The van der Waals surface area contributed by atoms with Crippen molar-refractivity contribution >= 4 is 27.6 Å². The second-order valence-electron chi connectivity index (χ2n) is 6.37. The van der Waals surface area contributed by atoms with Crippen molar-refractivity contribution in [1.82, 2.24) is 14.9 Å². The summed E-state index contributed by atoms with van der Waals surface area (Å²) in [5.41, 5.74) is 2.68. The molecule has 5 heteroatoms. The summed E-state index contributed by atoms with van der Waals surface area (Å²) in [4.78, 5) is 28.1. The SMILES string of the molecule is Cn1cc(C(=O)NCCc2c[nH]c3ccccc23)c2ccccc2c1=O. The fourth-order valence-corrected chi connectivity index (χ4v) is 3.34. The van der Waals surface area contributed by atoms with Crippen LogP contribution in [0.5, 0.6) is 0 Å². The molecule has 0 unspecified atom stereocenters. The molecule has 0 atom stereocenters. The van der Waals surface area contributed by atoms with Gasteiger partial charge in [0.15, 0.2) is 0 Å². The lowest BCUT2D eigenvalue weighted by molar-refractivity contribution is 0.0955. The molecule has 0 spiro atoms. The molecule has 0 saturated carbocycles. The standard InChI is InChI=1S/C21H19N3O2/c1-24-13-18(16-7-2-3-8-17(16)21(24)26)20(25)22-11-10-14-12-23-19-9-5-4-6-15(14)19/h2-9,12-13,23H,10-11H2,1H3,(H,22,25). The number of nitrogens with zero attached hydrogens (tertiary/aromatic N) is 1. The number of hydrogen-bond acceptors (Lipinski definition) is 2. The van der Waals surface area contributed by atoms with Gasteiger partial charge in [0.1, 0.15) is 0 Å². The van der Waals surface area contributed by atoms with Crippen molar-refractivity contribution < 1.29 is 4.79 Å². The number of pyridine rings is 1. The Morgan fingerprint density at radius 1 is 1.04 bits per heavy atom. The first-order valence-corrected chi connectivity index (χ1v) is 8.57. The largest absolute Gasteiger partial charge is 0.361 e. The molecule has 2 aromatic heterocycles. The summed E-state index contributed by atoms with van der Waals surface area (Å²) in [6, 6.07) is 15.3. The molecule has 4 rings (SSSR count). The molecular weight excluding hydrogens is 326 g/mol.